The molecular formula is C4H5O3-. The molecule has 1 unspecified atom stereocenters. The minimum Gasteiger partial charge on any atom is -0.547 e. The molecule has 1 atom stereocenters. The van der Waals surface area contributed by atoms with Crippen molar-refractivity contribution in [3.63, 3.8) is 0 Å². The first-order chi connectivity index (χ1) is 3.30. The molecule has 0 amide bonds. The number of carboxylic acids is 1. The number of hydrogen-bond donors (Lipinski definition) is 0. The van der Waals surface area contributed by atoms with Gasteiger partial charge in [-0.3, -0.25) is 0 Å². The first-order valence-corrected chi connectivity index (χ1v) is 2.13. The van der Waals surface area contributed by atoms with E-state index in [0.29, 0.717) is 13.0 Å². The van der Waals surface area contributed by atoms with Crippen LogP contribution in [0.2, 0.25) is 0 Å². The summed E-state index contributed by atoms with van der Waals surface area (Å²) >= 11 is 0. The number of hydrogen-bond acceptors (Lipinski definition) is 3. The molecule has 1 rings (SSSR count). The summed E-state index contributed by atoms with van der Waals surface area (Å²) in [6.07, 6.45) is 0.00231. The van der Waals surface area contributed by atoms with Gasteiger partial charge in [-0.05, 0) is 0 Å². The molecule has 3 heteroatoms. The highest BCUT2D eigenvalue weighted by molar-refractivity contribution is 5.70. The van der Waals surface area contributed by atoms with Crippen molar-refractivity contribution < 1.29 is 14.6 Å². The van der Waals surface area contributed by atoms with Crippen LogP contribution < -0.4 is 5.11 Å². The molecule has 1 heterocycles. The van der Waals surface area contributed by atoms with Crippen molar-refractivity contribution in [2.24, 2.45) is 0 Å². The van der Waals surface area contributed by atoms with Crippen LogP contribution in [-0.4, -0.2) is 18.7 Å². The average Bonchev–Trinajstić information content (AvgIpc) is 1.23. The summed E-state index contributed by atoms with van der Waals surface area (Å²) in [6, 6.07) is 0. The quantitative estimate of drug-likeness (QED) is 0.405. The molecular weight excluding hydrogens is 96.0 g/mol. The maximum Gasteiger partial charge on any atom is 0.0990 e. The highest BCUT2D eigenvalue weighted by Crippen LogP contribution is 2.08. The van der Waals surface area contributed by atoms with Gasteiger partial charge >= 0.3 is 0 Å². The zero-order valence-electron chi connectivity index (χ0n) is 3.72. The maximum absolute atomic E-state index is 9.75. The van der Waals surface area contributed by atoms with Gasteiger partial charge in [-0.15, -0.1) is 0 Å². The Labute approximate surface area is 40.9 Å². The van der Waals surface area contributed by atoms with Crippen LogP contribution in [0.25, 0.3) is 0 Å². The van der Waals surface area contributed by atoms with Crippen LogP contribution in [0.3, 0.4) is 0 Å². The molecule has 0 aromatic carbocycles. The van der Waals surface area contributed by atoms with E-state index in [1.54, 1.807) is 0 Å². The van der Waals surface area contributed by atoms with Gasteiger partial charge in [0.2, 0.25) is 0 Å². The first kappa shape index (κ1) is 4.59. The van der Waals surface area contributed by atoms with Crippen LogP contribution in [0.5, 0.6) is 0 Å². The highest BCUT2D eigenvalue weighted by Gasteiger charge is 2.18. The Bertz CT molecular complexity index is 84.9. The standard InChI is InChI=1S/C4H6O3/c5-4(6)3-1-2-7-3/h3H,1-2H2,(H,5,6)/p-1. The van der Waals surface area contributed by atoms with E-state index in [2.05, 4.69) is 4.74 Å². The Morgan fingerprint density at radius 2 is 2.43 bits per heavy atom. The van der Waals surface area contributed by atoms with Crippen LogP contribution >= 0.6 is 0 Å². The lowest BCUT2D eigenvalue weighted by molar-refractivity contribution is -0.323. The molecule has 0 saturated carbocycles. The molecule has 0 radical (unpaired) electrons. The molecule has 0 aliphatic carbocycles. The normalized spacial score (nSPS) is 28.9. The third-order valence-electron chi connectivity index (χ3n) is 0.962. The minimum absolute atomic E-state index is 0.568. The molecule has 0 bridgehead atoms. The number of carbonyl (C=O) groups excluding carboxylic acids is 1. The molecule has 1 fully saturated rings. The largest absolute Gasteiger partial charge is 0.547 e. The molecule has 0 spiro atoms. The third-order valence-corrected chi connectivity index (χ3v) is 0.962. The Morgan fingerprint density at radius 1 is 1.86 bits per heavy atom. The Morgan fingerprint density at radius 3 is 2.43 bits per heavy atom. The van der Waals surface area contributed by atoms with Crippen molar-refractivity contribution in [1.82, 2.24) is 0 Å². The second kappa shape index (κ2) is 1.50. The van der Waals surface area contributed by atoms with Crippen molar-refractivity contribution in [3.8, 4) is 0 Å². The number of rotatable bonds is 1. The maximum atomic E-state index is 9.75. The average molecular weight is 101 g/mol. The number of carbonyl (C=O) groups is 1. The van der Waals surface area contributed by atoms with Crippen molar-refractivity contribution >= 4 is 5.97 Å². The van der Waals surface area contributed by atoms with Gasteiger partial charge in [0.15, 0.2) is 0 Å². The summed E-state index contributed by atoms with van der Waals surface area (Å²) < 4.78 is 4.53. The fourth-order valence-electron chi connectivity index (χ4n) is 0.422. The van der Waals surface area contributed by atoms with E-state index in [0.717, 1.165) is 0 Å². The number of ether oxygens (including phenoxy) is 1. The van der Waals surface area contributed by atoms with Crippen LogP contribution in [-0.2, 0) is 9.53 Å². The lowest BCUT2D eigenvalue weighted by atomic mass is 10.2. The zero-order chi connectivity index (χ0) is 5.28. The van der Waals surface area contributed by atoms with Crippen molar-refractivity contribution in [2.75, 3.05) is 6.61 Å². The monoisotopic (exact) mass is 101 g/mol. The van der Waals surface area contributed by atoms with Gasteiger partial charge in [0, 0.05) is 6.42 Å². The molecule has 7 heavy (non-hydrogen) atoms. The first-order valence-electron chi connectivity index (χ1n) is 2.13. The summed E-state index contributed by atoms with van der Waals surface area (Å²) in [6.45, 7) is 0.568. The van der Waals surface area contributed by atoms with Crippen molar-refractivity contribution in [2.45, 2.75) is 12.5 Å². The summed E-state index contributed by atoms with van der Waals surface area (Å²) in [5.41, 5.74) is 0. The summed E-state index contributed by atoms with van der Waals surface area (Å²) in [7, 11) is 0. The van der Waals surface area contributed by atoms with Gasteiger partial charge < -0.3 is 14.6 Å². The van der Waals surface area contributed by atoms with Gasteiger partial charge in [0.05, 0.1) is 18.7 Å². The Kier molecular flexibility index (Phi) is 0.982. The molecule has 0 aromatic rings. The van der Waals surface area contributed by atoms with E-state index in [9.17, 15) is 9.90 Å². The van der Waals surface area contributed by atoms with Gasteiger partial charge in [-0.2, -0.15) is 0 Å². The minimum atomic E-state index is -1.09. The molecule has 40 valence electrons. The summed E-state index contributed by atoms with van der Waals surface area (Å²) in [5.74, 6) is -1.09. The number of carboxylic acid groups (broad SMARTS) is 1. The van der Waals surface area contributed by atoms with Crippen molar-refractivity contribution in [1.29, 1.82) is 0 Å². The molecule has 0 N–H and O–H groups in total. The van der Waals surface area contributed by atoms with E-state index >= 15 is 0 Å². The topological polar surface area (TPSA) is 49.4 Å². The second-order valence-electron chi connectivity index (χ2n) is 1.47. The second-order valence-corrected chi connectivity index (χ2v) is 1.47. The van der Waals surface area contributed by atoms with Crippen LogP contribution in [0.1, 0.15) is 6.42 Å². The molecule has 1 saturated heterocycles. The van der Waals surface area contributed by atoms with E-state index < -0.39 is 12.1 Å². The Hall–Kier alpha value is -0.570. The van der Waals surface area contributed by atoms with E-state index in [1.165, 1.54) is 0 Å². The Balaban J connectivity index is 2.27. The molecule has 1 aliphatic rings. The van der Waals surface area contributed by atoms with Gasteiger partial charge in [-0.25, -0.2) is 0 Å². The van der Waals surface area contributed by atoms with Crippen molar-refractivity contribution in [3.05, 3.63) is 0 Å². The predicted octanol–water partition coefficient (Wildman–Crippen LogP) is -1.47. The van der Waals surface area contributed by atoms with E-state index in [-0.39, 0.29) is 0 Å². The third kappa shape index (κ3) is 0.718. The fourth-order valence-corrected chi connectivity index (χ4v) is 0.422. The lowest BCUT2D eigenvalue weighted by Crippen LogP contribution is -2.44. The molecule has 1 aliphatic heterocycles. The molecule has 3 nitrogen and oxygen atoms in total. The van der Waals surface area contributed by atoms with Crippen LogP contribution in [0.4, 0.5) is 0 Å². The zero-order valence-corrected chi connectivity index (χ0v) is 3.72. The summed E-state index contributed by atoms with van der Waals surface area (Å²) in [4.78, 5) is 9.75. The van der Waals surface area contributed by atoms with E-state index in [1.807, 2.05) is 0 Å². The number of aliphatic carboxylic acids is 1. The highest BCUT2D eigenvalue weighted by atomic mass is 16.5. The SMILES string of the molecule is O=C([O-])C1CCO1. The summed E-state index contributed by atoms with van der Waals surface area (Å²) in [5, 5.41) is 9.75. The smallest absolute Gasteiger partial charge is 0.0990 e. The van der Waals surface area contributed by atoms with Gasteiger partial charge in [-0.1, -0.05) is 0 Å². The van der Waals surface area contributed by atoms with Gasteiger partial charge in [0.25, 0.3) is 0 Å². The lowest BCUT2D eigenvalue weighted by Gasteiger charge is -2.26. The van der Waals surface area contributed by atoms with E-state index in [4.69, 9.17) is 0 Å². The fraction of sp³-hybridized carbons (Fsp3) is 0.750. The van der Waals surface area contributed by atoms with Crippen LogP contribution in [0.15, 0.2) is 0 Å². The van der Waals surface area contributed by atoms with Crippen LogP contribution in [0, 0.1) is 0 Å². The van der Waals surface area contributed by atoms with Gasteiger partial charge in [0.1, 0.15) is 0 Å². The predicted molar refractivity (Wildman–Crippen MR) is 19.4 cm³/mol. The molecule has 0 aromatic heterocycles.